The average Bonchev–Trinajstić information content (AvgIpc) is 2.86. The number of aromatic hydroxyl groups is 1. The van der Waals surface area contributed by atoms with Crippen molar-refractivity contribution in [3.63, 3.8) is 0 Å². The van der Waals surface area contributed by atoms with Crippen molar-refractivity contribution in [1.82, 2.24) is 9.88 Å². The number of anilines is 2. The molecule has 1 aliphatic heterocycles. The first-order chi connectivity index (χ1) is 16.7. The van der Waals surface area contributed by atoms with Gasteiger partial charge in [-0.2, -0.15) is 0 Å². The lowest BCUT2D eigenvalue weighted by Gasteiger charge is -2.26. The van der Waals surface area contributed by atoms with E-state index < -0.39 is 0 Å². The quantitative estimate of drug-likeness (QED) is 0.338. The Bertz CT molecular complexity index is 1290. The van der Waals surface area contributed by atoms with E-state index in [0.717, 1.165) is 47.2 Å². The van der Waals surface area contributed by atoms with Crippen LogP contribution in [0.5, 0.6) is 11.5 Å². The number of nitrogens with zero attached hydrogens (tertiary/aromatic N) is 2. The lowest BCUT2D eigenvalue weighted by Crippen LogP contribution is -2.33. The number of hydrogen-bond acceptors (Lipinski definition) is 5. The van der Waals surface area contributed by atoms with Crippen LogP contribution in [0.2, 0.25) is 0 Å². The van der Waals surface area contributed by atoms with Crippen molar-refractivity contribution in [2.24, 2.45) is 0 Å². The van der Waals surface area contributed by atoms with Gasteiger partial charge in [0.25, 0.3) is 0 Å². The fourth-order valence-electron chi connectivity index (χ4n) is 4.47. The van der Waals surface area contributed by atoms with Crippen molar-refractivity contribution in [2.45, 2.75) is 19.3 Å². The van der Waals surface area contributed by atoms with E-state index in [-0.39, 0.29) is 17.3 Å². The van der Waals surface area contributed by atoms with E-state index in [4.69, 9.17) is 4.74 Å². The van der Waals surface area contributed by atoms with Gasteiger partial charge in [-0.05, 0) is 78.7 Å². The maximum absolute atomic E-state index is 14.7. The number of nitrogens with one attached hydrogen (secondary N) is 1. The van der Waals surface area contributed by atoms with Gasteiger partial charge < -0.3 is 15.2 Å². The number of halogens is 1. The van der Waals surface area contributed by atoms with Crippen LogP contribution in [0.3, 0.4) is 0 Å². The summed E-state index contributed by atoms with van der Waals surface area (Å²) >= 11 is 0. The minimum Gasteiger partial charge on any atom is -0.508 e. The Morgan fingerprint density at radius 2 is 1.76 bits per heavy atom. The summed E-state index contributed by atoms with van der Waals surface area (Å²) in [6, 6.07) is 18.2. The Balaban J connectivity index is 1.30. The fourth-order valence-corrected chi connectivity index (χ4v) is 4.47. The SMILES string of the molecule is Oc1ccc2cc(-c3ccncc3Nc3ccc(OCCN4CCCCC4)c(F)c3)ccc2c1. The number of benzene rings is 3. The molecule has 1 saturated heterocycles. The molecule has 2 N–H and O–H groups in total. The number of aromatic nitrogens is 1. The molecular formula is C28H28FN3O2. The van der Waals surface area contributed by atoms with Crippen LogP contribution in [0.1, 0.15) is 19.3 Å². The van der Waals surface area contributed by atoms with Gasteiger partial charge in [0.15, 0.2) is 11.6 Å². The molecule has 0 amide bonds. The molecule has 1 fully saturated rings. The largest absolute Gasteiger partial charge is 0.508 e. The Kier molecular flexibility index (Phi) is 6.58. The monoisotopic (exact) mass is 457 g/mol. The molecule has 0 atom stereocenters. The molecule has 4 aromatic rings. The predicted molar refractivity (Wildman–Crippen MR) is 134 cm³/mol. The van der Waals surface area contributed by atoms with E-state index in [9.17, 15) is 9.50 Å². The summed E-state index contributed by atoms with van der Waals surface area (Å²) in [5.74, 6) is 0.124. The third-order valence-corrected chi connectivity index (χ3v) is 6.28. The van der Waals surface area contributed by atoms with Crippen LogP contribution < -0.4 is 10.1 Å². The van der Waals surface area contributed by atoms with Gasteiger partial charge >= 0.3 is 0 Å². The molecule has 0 aliphatic carbocycles. The second-order valence-electron chi connectivity index (χ2n) is 8.69. The Labute approximate surface area is 198 Å². The van der Waals surface area contributed by atoms with Crippen LogP contribution >= 0.6 is 0 Å². The minimum atomic E-state index is -0.389. The molecule has 34 heavy (non-hydrogen) atoms. The first-order valence-electron chi connectivity index (χ1n) is 11.7. The third kappa shape index (κ3) is 5.13. The van der Waals surface area contributed by atoms with Crippen molar-refractivity contribution in [3.05, 3.63) is 78.9 Å². The van der Waals surface area contributed by atoms with Crippen LogP contribution in [0.25, 0.3) is 21.9 Å². The summed E-state index contributed by atoms with van der Waals surface area (Å²) in [7, 11) is 0. The van der Waals surface area contributed by atoms with Gasteiger partial charge in [-0.25, -0.2) is 4.39 Å². The molecule has 5 rings (SSSR count). The van der Waals surface area contributed by atoms with E-state index in [1.165, 1.54) is 25.3 Å². The molecule has 2 heterocycles. The van der Waals surface area contributed by atoms with E-state index in [1.807, 2.05) is 30.3 Å². The molecule has 0 saturated carbocycles. The maximum Gasteiger partial charge on any atom is 0.167 e. The highest BCUT2D eigenvalue weighted by Crippen LogP contribution is 2.33. The second-order valence-corrected chi connectivity index (χ2v) is 8.69. The summed E-state index contributed by atoms with van der Waals surface area (Å²) in [5, 5.41) is 15.0. The summed E-state index contributed by atoms with van der Waals surface area (Å²) in [5.41, 5.74) is 3.35. The number of rotatable bonds is 7. The Morgan fingerprint density at radius 1 is 0.941 bits per heavy atom. The number of pyridine rings is 1. The zero-order chi connectivity index (χ0) is 23.3. The van der Waals surface area contributed by atoms with Crippen LogP contribution in [-0.4, -0.2) is 41.2 Å². The normalized spacial score (nSPS) is 14.3. The predicted octanol–water partition coefficient (Wildman–Crippen LogP) is 6.35. The van der Waals surface area contributed by atoms with E-state index in [2.05, 4.69) is 21.3 Å². The zero-order valence-electron chi connectivity index (χ0n) is 19.0. The van der Waals surface area contributed by atoms with Gasteiger partial charge in [0.2, 0.25) is 0 Å². The number of ether oxygens (including phenoxy) is 1. The molecule has 1 aliphatic rings. The van der Waals surface area contributed by atoms with Gasteiger partial charge in [-0.15, -0.1) is 0 Å². The van der Waals surface area contributed by atoms with Gasteiger partial charge in [0.1, 0.15) is 12.4 Å². The van der Waals surface area contributed by atoms with Gasteiger partial charge in [0.05, 0.1) is 11.9 Å². The molecular weight excluding hydrogens is 429 g/mol. The van der Waals surface area contributed by atoms with Crippen LogP contribution in [0.15, 0.2) is 73.1 Å². The third-order valence-electron chi connectivity index (χ3n) is 6.28. The van der Waals surface area contributed by atoms with Crippen molar-refractivity contribution >= 4 is 22.1 Å². The van der Waals surface area contributed by atoms with Crippen LogP contribution in [0.4, 0.5) is 15.8 Å². The maximum atomic E-state index is 14.7. The summed E-state index contributed by atoms with van der Waals surface area (Å²) in [6.07, 6.45) is 7.23. The minimum absolute atomic E-state index is 0.243. The highest BCUT2D eigenvalue weighted by molar-refractivity contribution is 5.91. The number of phenolic OH excluding ortho intramolecular Hbond substituents is 1. The van der Waals surface area contributed by atoms with Crippen molar-refractivity contribution in [3.8, 4) is 22.6 Å². The number of piperidine rings is 1. The topological polar surface area (TPSA) is 57.6 Å². The molecule has 5 nitrogen and oxygen atoms in total. The number of likely N-dealkylation sites (tertiary alicyclic amines) is 1. The standard InChI is InChI=1S/C28H28FN3O2/c29-26-18-23(7-9-28(26)34-15-14-32-12-2-1-3-13-32)31-27-19-30-11-10-25(27)22-5-4-21-17-24(33)8-6-20(21)16-22/h4-11,16-19,31,33H,1-3,12-15H2. The lowest BCUT2D eigenvalue weighted by atomic mass is 10.0. The first kappa shape index (κ1) is 22.2. The number of hydrogen-bond donors (Lipinski definition) is 2. The van der Waals surface area contributed by atoms with Gasteiger partial charge in [0, 0.05) is 30.1 Å². The number of phenols is 1. The smallest absolute Gasteiger partial charge is 0.167 e. The Morgan fingerprint density at radius 3 is 2.62 bits per heavy atom. The molecule has 6 heteroatoms. The molecule has 0 spiro atoms. The molecule has 3 aromatic carbocycles. The highest BCUT2D eigenvalue weighted by Gasteiger charge is 2.12. The first-order valence-corrected chi connectivity index (χ1v) is 11.7. The summed E-state index contributed by atoms with van der Waals surface area (Å²) < 4.78 is 20.4. The van der Waals surface area contributed by atoms with E-state index >= 15 is 0 Å². The molecule has 0 radical (unpaired) electrons. The highest BCUT2D eigenvalue weighted by atomic mass is 19.1. The lowest BCUT2D eigenvalue weighted by molar-refractivity contribution is 0.180. The second kappa shape index (κ2) is 10.1. The fraction of sp³-hybridized carbons (Fsp3) is 0.250. The van der Waals surface area contributed by atoms with Crippen molar-refractivity contribution in [2.75, 3.05) is 31.6 Å². The van der Waals surface area contributed by atoms with Crippen LogP contribution in [0, 0.1) is 5.82 Å². The summed E-state index contributed by atoms with van der Waals surface area (Å²) in [4.78, 5) is 6.62. The van der Waals surface area contributed by atoms with Crippen LogP contribution in [-0.2, 0) is 0 Å². The van der Waals surface area contributed by atoms with E-state index in [1.54, 1.807) is 30.6 Å². The van der Waals surface area contributed by atoms with E-state index in [0.29, 0.717) is 12.3 Å². The zero-order valence-corrected chi connectivity index (χ0v) is 19.0. The molecule has 0 unspecified atom stereocenters. The van der Waals surface area contributed by atoms with Gasteiger partial charge in [-0.3, -0.25) is 9.88 Å². The average molecular weight is 458 g/mol. The van der Waals surface area contributed by atoms with Crippen molar-refractivity contribution < 1.29 is 14.2 Å². The molecule has 0 bridgehead atoms. The van der Waals surface area contributed by atoms with Gasteiger partial charge in [-0.1, -0.05) is 24.6 Å². The Hall–Kier alpha value is -3.64. The molecule has 1 aromatic heterocycles. The number of fused-ring (bicyclic) bond motifs is 1. The van der Waals surface area contributed by atoms with Crippen molar-refractivity contribution in [1.29, 1.82) is 0 Å². The summed E-state index contributed by atoms with van der Waals surface area (Å²) in [6.45, 7) is 3.50. The molecule has 174 valence electrons.